The van der Waals surface area contributed by atoms with E-state index in [2.05, 4.69) is 19.2 Å². The Bertz CT molecular complexity index is 441. The van der Waals surface area contributed by atoms with Crippen LogP contribution in [0.3, 0.4) is 0 Å². The molecule has 1 N–H and O–H groups in total. The van der Waals surface area contributed by atoms with Gasteiger partial charge in [-0.05, 0) is 24.6 Å². The molecule has 0 aliphatic carbocycles. The van der Waals surface area contributed by atoms with Crippen molar-refractivity contribution in [3.8, 4) is 5.75 Å². The summed E-state index contributed by atoms with van der Waals surface area (Å²) >= 11 is 0. The molecule has 1 aromatic carbocycles. The molecule has 1 aliphatic heterocycles. The lowest BCUT2D eigenvalue weighted by Crippen LogP contribution is -2.48. The molecule has 0 unspecified atom stereocenters. The molecule has 4 nitrogen and oxygen atoms in total. The van der Waals surface area contributed by atoms with Crippen molar-refractivity contribution in [1.29, 1.82) is 0 Å². The number of rotatable bonds is 6. The zero-order valence-corrected chi connectivity index (χ0v) is 11.6. The molecule has 0 bridgehead atoms. The van der Waals surface area contributed by atoms with Crippen LogP contribution in [-0.2, 0) is 4.74 Å². The van der Waals surface area contributed by atoms with Crippen LogP contribution in [0.1, 0.15) is 30.6 Å². The fourth-order valence-corrected chi connectivity index (χ4v) is 1.90. The zero-order valence-electron chi connectivity index (χ0n) is 11.6. The Morgan fingerprint density at radius 3 is 2.89 bits per heavy atom. The average molecular weight is 263 g/mol. The molecule has 19 heavy (non-hydrogen) atoms. The van der Waals surface area contributed by atoms with E-state index in [4.69, 9.17) is 9.47 Å². The molecular formula is C15H21NO3. The first-order valence-electron chi connectivity index (χ1n) is 6.72. The van der Waals surface area contributed by atoms with Gasteiger partial charge in [0.2, 0.25) is 0 Å². The summed E-state index contributed by atoms with van der Waals surface area (Å²) in [6.45, 7) is 6.90. The van der Waals surface area contributed by atoms with Crippen LogP contribution in [0.25, 0.3) is 0 Å². The third-order valence-electron chi connectivity index (χ3n) is 3.15. The molecule has 2 rings (SSSR count). The normalized spacial score (nSPS) is 16.5. The zero-order chi connectivity index (χ0) is 13.7. The number of nitrogens with one attached hydrogen (secondary N) is 1. The van der Waals surface area contributed by atoms with E-state index in [-0.39, 0.29) is 11.3 Å². The molecule has 1 fully saturated rings. The predicted octanol–water partition coefficient (Wildman–Crippen LogP) is 2.24. The topological polar surface area (TPSA) is 47.6 Å². The minimum Gasteiger partial charge on any atom is -0.494 e. The van der Waals surface area contributed by atoms with E-state index in [0.717, 1.165) is 12.2 Å². The molecule has 0 aromatic heterocycles. The molecule has 1 aliphatic rings. The maximum Gasteiger partial charge on any atom is 0.251 e. The van der Waals surface area contributed by atoms with Gasteiger partial charge in [0.25, 0.3) is 5.91 Å². The number of hydrogen-bond acceptors (Lipinski definition) is 3. The van der Waals surface area contributed by atoms with E-state index in [1.807, 2.05) is 12.1 Å². The van der Waals surface area contributed by atoms with Crippen molar-refractivity contribution in [1.82, 2.24) is 5.32 Å². The molecule has 0 atom stereocenters. The molecule has 1 saturated heterocycles. The summed E-state index contributed by atoms with van der Waals surface area (Å²) in [5, 5.41) is 2.95. The first-order valence-corrected chi connectivity index (χ1v) is 6.72. The molecule has 0 spiro atoms. The van der Waals surface area contributed by atoms with E-state index >= 15 is 0 Å². The Labute approximate surface area is 114 Å². The third kappa shape index (κ3) is 3.70. The van der Waals surface area contributed by atoms with Crippen LogP contribution in [0.5, 0.6) is 5.75 Å². The van der Waals surface area contributed by atoms with Gasteiger partial charge < -0.3 is 14.8 Å². The molecule has 104 valence electrons. The second kappa shape index (κ2) is 6.06. The number of ether oxygens (including phenoxy) is 2. The number of amides is 1. The highest BCUT2D eigenvalue weighted by Gasteiger charge is 2.33. The van der Waals surface area contributed by atoms with Crippen LogP contribution < -0.4 is 10.1 Å². The maximum absolute atomic E-state index is 12.0. The van der Waals surface area contributed by atoms with Crippen molar-refractivity contribution < 1.29 is 14.3 Å². The van der Waals surface area contributed by atoms with Crippen LogP contribution in [0.15, 0.2) is 24.3 Å². The van der Waals surface area contributed by atoms with Crippen LogP contribution >= 0.6 is 0 Å². The van der Waals surface area contributed by atoms with Gasteiger partial charge in [0, 0.05) is 17.5 Å². The number of carbonyl (C=O) groups is 1. The molecule has 0 radical (unpaired) electrons. The van der Waals surface area contributed by atoms with Crippen LogP contribution in [-0.4, -0.2) is 32.3 Å². The largest absolute Gasteiger partial charge is 0.494 e. The Morgan fingerprint density at radius 1 is 1.47 bits per heavy atom. The quantitative estimate of drug-likeness (QED) is 0.856. The van der Waals surface area contributed by atoms with Gasteiger partial charge >= 0.3 is 0 Å². The molecule has 4 heteroatoms. The monoisotopic (exact) mass is 263 g/mol. The lowest BCUT2D eigenvalue weighted by atomic mass is 9.88. The molecule has 0 saturated carbocycles. The summed E-state index contributed by atoms with van der Waals surface area (Å²) in [7, 11) is 0. The Hall–Kier alpha value is -1.55. The SMILES string of the molecule is CCCOc1cccc(C(=O)NCC2(C)COC2)c1. The lowest BCUT2D eigenvalue weighted by molar-refractivity contribution is -0.0978. The van der Waals surface area contributed by atoms with Gasteiger partial charge in [-0.3, -0.25) is 4.79 Å². The van der Waals surface area contributed by atoms with Gasteiger partial charge in [-0.2, -0.15) is 0 Å². The predicted molar refractivity (Wildman–Crippen MR) is 73.5 cm³/mol. The highest BCUT2D eigenvalue weighted by Crippen LogP contribution is 2.25. The molecule has 1 amide bonds. The van der Waals surface area contributed by atoms with E-state index in [9.17, 15) is 4.79 Å². The van der Waals surface area contributed by atoms with Crippen molar-refractivity contribution in [3.63, 3.8) is 0 Å². The lowest BCUT2D eigenvalue weighted by Gasteiger charge is -2.38. The van der Waals surface area contributed by atoms with Gasteiger partial charge in [-0.1, -0.05) is 19.9 Å². The number of carbonyl (C=O) groups excluding carboxylic acids is 1. The second-order valence-corrected chi connectivity index (χ2v) is 5.36. The Morgan fingerprint density at radius 2 is 2.26 bits per heavy atom. The summed E-state index contributed by atoms with van der Waals surface area (Å²) in [6, 6.07) is 7.29. The highest BCUT2D eigenvalue weighted by atomic mass is 16.5. The van der Waals surface area contributed by atoms with Crippen molar-refractivity contribution in [3.05, 3.63) is 29.8 Å². The minimum atomic E-state index is -0.0601. The highest BCUT2D eigenvalue weighted by molar-refractivity contribution is 5.94. The van der Waals surface area contributed by atoms with Crippen molar-refractivity contribution >= 4 is 5.91 Å². The smallest absolute Gasteiger partial charge is 0.251 e. The molecule has 1 aromatic rings. The second-order valence-electron chi connectivity index (χ2n) is 5.36. The summed E-state index contributed by atoms with van der Waals surface area (Å²) in [5.41, 5.74) is 0.726. The summed E-state index contributed by atoms with van der Waals surface area (Å²) in [5.74, 6) is 0.683. The van der Waals surface area contributed by atoms with Gasteiger partial charge in [-0.25, -0.2) is 0 Å². The summed E-state index contributed by atoms with van der Waals surface area (Å²) in [4.78, 5) is 12.0. The molecular weight excluding hydrogens is 242 g/mol. The van der Waals surface area contributed by atoms with Crippen molar-refractivity contribution in [2.75, 3.05) is 26.4 Å². The fraction of sp³-hybridized carbons (Fsp3) is 0.533. The number of hydrogen-bond donors (Lipinski definition) is 1. The standard InChI is InChI=1S/C15H21NO3/c1-3-7-19-13-6-4-5-12(8-13)14(17)16-9-15(2)10-18-11-15/h4-6,8H,3,7,9-11H2,1-2H3,(H,16,17). The maximum atomic E-state index is 12.0. The van der Waals surface area contributed by atoms with E-state index in [0.29, 0.717) is 31.9 Å². The van der Waals surface area contributed by atoms with Crippen LogP contribution in [0.2, 0.25) is 0 Å². The fourth-order valence-electron chi connectivity index (χ4n) is 1.90. The summed E-state index contributed by atoms with van der Waals surface area (Å²) < 4.78 is 10.7. The minimum absolute atomic E-state index is 0.0601. The van der Waals surface area contributed by atoms with Gasteiger partial charge in [0.1, 0.15) is 5.75 Å². The van der Waals surface area contributed by atoms with Crippen molar-refractivity contribution in [2.24, 2.45) is 5.41 Å². The Kier molecular flexibility index (Phi) is 4.43. The van der Waals surface area contributed by atoms with Crippen LogP contribution in [0.4, 0.5) is 0 Å². The van der Waals surface area contributed by atoms with E-state index in [1.54, 1.807) is 12.1 Å². The van der Waals surface area contributed by atoms with Gasteiger partial charge in [-0.15, -0.1) is 0 Å². The number of benzene rings is 1. The van der Waals surface area contributed by atoms with Gasteiger partial charge in [0.15, 0.2) is 0 Å². The molecule has 1 heterocycles. The van der Waals surface area contributed by atoms with E-state index < -0.39 is 0 Å². The van der Waals surface area contributed by atoms with Crippen molar-refractivity contribution in [2.45, 2.75) is 20.3 Å². The summed E-state index contributed by atoms with van der Waals surface area (Å²) in [6.07, 6.45) is 0.953. The Balaban J connectivity index is 1.90. The first-order chi connectivity index (χ1) is 9.13. The first kappa shape index (κ1) is 13.9. The third-order valence-corrected chi connectivity index (χ3v) is 3.15. The van der Waals surface area contributed by atoms with E-state index in [1.165, 1.54) is 0 Å². The van der Waals surface area contributed by atoms with Gasteiger partial charge in [0.05, 0.1) is 19.8 Å². The average Bonchev–Trinajstić information content (AvgIpc) is 2.40. The van der Waals surface area contributed by atoms with Crippen LogP contribution in [0, 0.1) is 5.41 Å².